The van der Waals surface area contributed by atoms with Crippen molar-refractivity contribution >= 4 is 10.0 Å². The average molecular weight is 318 g/mol. The van der Waals surface area contributed by atoms with Crippen LogP contribution in [0.25, 0.3) is 0 Å². The van der Waals surface area contributed by atoms with Gasteiger partial charge in [0.15, 0.2) is 0 Å². The maximum absolute atomic E-state index is 13.4. The molecule has 0 aliphatic carbocycles. The third kappa shape index (κ3) is 4.45. The average Bonchev–Trinajstić information content (AvgIpc) is 2.48. The predicted molar refractivity (Wildman–Crippen MR) is 74.9 cm³/mol. The lowest BCUT2D eigenvalue weighted by Crippen LogP contribution is -2.40. The predicted octanol–water partition coefficient (Wildman–Crippen LogP) is 0.239. The summed E-state index contributed by atoms with van der Waals surface area (Å²) in [5, 5.41) is 2.86. The molecule has 118 valence electrons. The van der Waals surface area contributed by atoms with Crippen molar-refractivity contribution in [3.63, 3.8) is 0 Å². The van der Waals surface area contributed by atoms with Crippen LogP contribution in [0, 0.1) is 5.82 Å². The molecular weight excluding hydrogens is 299 g/mol. The van der Waals surface area contributed by atoms with Crippen LogP contribution in [-0.2, 0) is 26.0 Å². The zero-order chi connectivity index (χ0) is 15.3. The first-order chi connectivity index (χ1) is 10.0. The van der Waals surface area contributed by atoms with E-state index in [0.717, 1.165) is 6.07 Å². The highest BCUT2D eigenvalue weighted by atomic mass is 32.2. The first-order valence-electron chi connectivity index (χ1n) is 6.65. The Hall–Kier alpha value is -1.06. The highest BCUT2D eigenvalue weighted by molar-refractivity contribution is 7.89. The zero-order valence-electron chi connectivity index (χ0n) is 11.8. The molecule has 8 heteroatoms. The normalized spacial score (nSPS) is 19.6. The van der Waals surface area contributed by atoms with Gasteiger partial charge in [0, 0.05) is 13.1 Å². The fourth-order valence-electron chi connectivity index (χ4n) is 2.05. The molecule has 1 fully saturated rings. The van der Waals surface area contributed by atoms with Gasteiger partial charge >= 0.3 is 0 Å². The van der Waals surface area contributed by atoms with E-state index in [1.54, 1.807) is 7.05 Å². The molecule has 2 rings (SSSR count). The molecule has 0 saturated carbocycles. The van der Waals surface area contributed by atoms with E-state index in [0.29, 0.717) is 31.9 Å². The fraction of sp³-hybridized carbons (Fsp3) is 0.538. The molecule has 1 saturated heterocycles. The van der Waals surface area contributed by atoms with E-state index in [1.807, 2.05) is 0 Å². The molecule has 0 amide bonds. The molecule has 1 aliphatic heterocycles. The third-order valence-corrected chi connectivity index (χ3v) is 4.58. The van der Waals surface area contributed by atoms with Gasteiger partial charge in [-0.2, -0.15) is 0 Å². The molecule has 1 aliphatic rings. The maximum atomic E-state index is 13.4. The van der Waals surface area contributed by atoms with Crippen LogP contribution in [0.15, 0.2) is 23.1 Å². The molecule has 0 bridgehead atoms. The molecule has 1 unspecified atom stereocenters. The van der Waals surface area contributed by atoms with Crippen LogP contribution < -0.4 is 10.0 Å². The second kappa shape index (κ2) is 7.28. The van der Waals surface area contributed by atoms with Crippen molar-refractivity contribution in [1.29, 1.82) is 0 Å². The molecule has 0 spiro atoms. The van der Waals surface area contributed by atoms with Crippen LogP contribution in [0.2, 0.25) is 0 Å². The summed E-state index contributed by atoms with van der Waals surface area (Å²) >= 11 is 0. The summed E-state index contributed by atoms with van der Waals surface area (Å²) in [7, 11) is -2.11. The SMILES string of the molecule is CNCc1ccc(F)cc1S(=O)(=O)NCC1COCCO1. The first kappa shape index (κ1) is 16.3. The third-order valence-electron chi connectivity index (χ3n) is 3.07. The van der Waals surface area contributed by atoms with E-state index in [1.165, 1.54) is 12.1 Å². The molecule has 0 aromatic heterocycles. The van der Waals surface area contributed by atoms with Gasteiger partial charge in [-0.05, 0) is 24.7 Å². The van der Waals surface area contributed by atoms with Crippen LogP contribution in [0.3, 0.4) is 0 Å². The minimum atomic E-state index is -3.80. The highest BCUT2D eigenvalue weighted by Crippen LogP contribution is 2.17. The van der Waals surface area contributed by atoms with Gasteiger partial charge in [0.05, 0.1) is 30.8 Å². The maximum Gasteiger partial charge on any atom is 0.241 e. The van der Waals surface area contributed by atoms with Gasteiger partial charge in [0.1, 0.15) is 5.82 Å². The number of rotatable bonds is 6. The van der Waals surface area contributed by atoms with E-state index in [2.05, 4.69) is 10.0 Å². The Morgan fingerprint density at radius 1 is 1.38 bits per heavy atom. The van der Waals surface area contributed by atoms with Crippen molar-refractivity contribution in [2.24, 2.45) is 0 Å². The fourth-order valence-corrected chi connectivity index (χ4v) is 3.36. The summed E-state index contributed by atoms with van der Waals surface area (Å²) in [4.78, 5) is -0.0615. The van der Waals surface area contributed by atoms with Gasteiger partial charge in [-0.1, -0.05) is 6.07 Å². The van der Waals surface area contributed by atoms with Crippen molar-refractivity contribution in [2.75, 3.05) is 33.4 Å². The molecule has 6 nitrogen and oxygen atoms in total. The van der Waals surface area contributed by atoms with Crippen LogP contribution in [0.1, 0.15) is 5.56 Å². The van der Waals surface area contributed by atoms with Gasteiger partial charge in [0.2, 0.25) is 10.0 Å². The van der Waals surface area contributed by atoms with Crippen molar-refractivity contribution < 1.29 is 22.3 Å². The van der Waals surface area contributed by atoms with Crippen LogP contribution >= 0.6 is 0 Å². The number of halogens is 1. The lowest BCUT2D eigenvalue weighted by atomic mass is 10.2. The lowest BCUT2D eigenvalue weighted by Gasteiger charge is -2.23. The monoisotopic (exact) mass is 318 g/mol. The highest BCUT2D eigenvalue weighted by Gasteiger charge is 2.22. The summed E-state index contributed by atoms with van der Waals surface area (Å²) < 4.78 is 51.0. The van der Waals surface area contributed by atoms with Crippen LogP contribution in [0.4, 0.5) is 4.39 Å². The number of hydrogen-bond acceptors (Lipinski definition) is 5. The minimum Gasteiger partial charge on any atom is -0.376 e. The largest absolute Gasteiger partial charge is 0.376 e. The number of benzene rings is 1. The molecule has 21 heavy (non-hydrogen) atoms. The Balaban J connectivity index is 2.12. The smallest absolute Gasteiger partial charge is 0.241 e. The van der Waals surface area contributed by atoms with E-state index in [-0.39, 0.29) is 17.5 Å². The Labute approximate surface area is 123 Å². The van der Waals surface area contributed by atoms with Crippen LogP contribution in [-0.4, -0.2) is 47.9 Å². The summed E-state index contributed by atoms with van der Waals surface area (Å²) in [6.07, 6.45) is -0.324. The number of sulfonamides is 1. The molecule has 1 aromatic rings. The Morgan fingerprint density at radius 3 is 2.86 bits per heavy atom. The second-order valence-corrected chi connectivity index (χ2v) is 6.44. The molecule has 1 atom stereocenters. The number of ether oxygens (including phenoxy) is 2. The van der Waals surface area contributed by atoms with E-state index in [4.69, 9.17) is 9.47 Å². The van der Waals surface area contributed by atoms with Crippen molar-refractivity contribution in [1.82, 2.24) is 10.0 Å². The van der Waals surface area contributed by atoms with Crippen molar-refractivity contribution in [2.45, 2.75) is 17.5 Å². The second-order valence-electron chi connectivity index (χ2n) is 4.70. The standard InChI is InChI=1S/C13H19FN2O4S/c1-15-7-10-2-3-11(14)6-13(10)21(17,18)16-8-12-9-19-4-5-20-12/h2-3,6,12,15-16H,4-5,7-9H2,1H3. The quantitative estimate of drug-likeness (QED) is 0.786. The lowest BCUT2D eigenvalue weighted by molar-refractivity contribution is -0.0846. The Bertz CT molecular complexity index is 574. The summed E-state index contributed by atoms with van der Waals surface area (Å²) in [5.41, 5.74) is 0.507. The molecule has 2 N–H and O–H groups in total. The Morgan fingerprint density at radius 2 is 2.19 bits per heavy atom. The first-order valence-corrected chi connectivity index (χ1v) is 8.13. The van der Waals surface area contributed by atoms with Crippen LogP contribution in [0.5, 0.6) is 0 Å². The number of nitrogens with one attached hydrogen (secondary N) is 2. The molecule has 0 radical (unpaired) electrons. The minimum absolute atomic E-state index is 0.0615. The summed E-state index contributed by atoms with van der Waals surface area (Å²) in [6, 6.07) is 3.72. The van der Waals surface area contributed by atoms with Crippen molar-refractivity contribution in [3.05, 3.63) is 29.6 Å². The van der Waals surface area contributed by atoms with Gasteiger partial charge in [-0.25, -0.2) is 17.5 Å². The molecular formula is C13H19FN2O4S. The molecule has 1 aromatic carbocycles. The van der Waals surface area contributed by atoms with Crippen molar-refractivity contribution in [3.8, 4) is 0 Å². The summed E-state index contributed by atoms with van der Waals surface area (Å²) in [6.45, 7) is 1.73. The van der Waals surface area contributed by atoms with Gasteiger partial charge in [0.25, 0.3) is 0 Å². The van der Waals surface area contributed by atoms with E-state index >= 15 is 0 Å². The van der Waals surface area contributed by atoms with Gasteiger partial charge in [-0.3, -0.25) is 0 Å². The molecule has 1 heterocycles. The zero-order valence-corrected chi connectivity index (χ0v) is 12.6. The van der Waals surface area contributed by atoms with Gasteiger partial charge in [-0.15, -0.1) is 0 Å². The number of hydrogen-bond donors (Lipinski definition) is 2. The van der Waals surface area contributed by atoms with E-state index < -0.39 is 15.8 Å². The van der Waals surface area contributed by atoms with Gasteiger partial charge < -0.3 is 14.8 Å². The Kier molecular flexibility index (Phi) is 5.65. The topological polar surface area (TPSA) is 76.7 Å². The van der Waals surface area contributed by atoms with E-state index in [9.17, 15) is 12.8 Å². The summed E-state index contributed by atoms with van der Waals surface area (Å²) in [5.74, 6) is -0.590.